The average Bonchev–Trinajstić information content (AvgIpc) is 2.77. The predicted octanol–water partition coefficient (Wildman–Crippen LogP) is 3.42. The fraction of sp³-hybridized carbons (Fsp3) is 0.643. The van der Waals surface area contributed by atoms with E-state index in [9.17, 15) is 4.79 Å². The molecule has 0 saturated heterocycles. The zero-order chi connectivity index (χ0) is 11.7. The molecular formula is C14H20OSi. The van der Waals surface area contributed by atoms with E-state index >= 15 is 0 Å². The molecule has 1 nitrogen and oxygen atoms in total. The highest BCUT2D eigenvalue weighted by Gasteiger charge is 2.53. The maximum Gasteiger partial charge on any atom is 0.160 e. The molecule has 2 heteroatoms. The number of carbonyl (C=O) groups is 1. The first kappa shape index (κ1) is 10.5. The molecule has 3 rings (SSSR count). The van der Waals surface area contributed by atoms with Crippen molar-refractivity contribution in [1.82, 2.24) is 0 Å². The summed E-state index contributed by atoms with van der Waals surface area (Å²) in [5.74, 6) is 2.13. The Bertz CT molecular complexity index is 425. The summed E-state index contributed by atoms with van der Waals surface area (Å²) in [4.78, 5) is 12.6. The van der Waals surface area contributed by atoms with Crippen LogP contribution in [0.4, 0.5) is 0 Å². The van der Waals surface area contributed by atoms with Crippen LogP contribution in [0.1, 0.15) is 13.3 Å². The fourth-order valence-electron chi connectivity index (χ4n) is 4.18. The standard InChI is InChI=1S/C14H20OSi/c1-8-11-9-5-6-10(7-9)12(11)13(15)14(8)16(2,3)4/h5-6,8-10,14H,7H2,1-4H3/t8?,9-,10+,14?/m0/s1. The first-order valence-electron chi connectivity index (χ1n) is 6.37. The van der Waals surface area contributed by atoms with Gasteiger partial charge in [0.2, 0.25) is 0 Å². The van der Waals surface area contributed by atoms with Crippen molar-refractivity contribution in [3.8, 4) is 0 Å². The molecule has 16 heavy (non-hydrogen) atoms. The van der Waals surface area contributed by atoms with Crippen molar-refractivity contribution in [1.29, 1.82) is 0 Å². The number of carbonyl (C=O) groups excluding carboxylic acids is 1. The first-order valence-corrected chi connectivity index (χ1v) is 9.95. The van der Waals surface area contributed by atoms with Gasteiger partial charge in [-0.1, -0.05) is 44.3 Å². The lowest BCUT2D eigenvalue weighted by Crippen LogP contribution is -2.36. The van der Waals surface area contributed by atoms with Gasteiger partial charge in [-0.05, 0) is 18.3 Å². The normalized spacial score (nSPS) is 41.1. The molecule has 0 amide bonds. The van der Waals surface area contributed by atoms with Crippen LogP contribution in [0, 0.1) is 17.8 Å². The predicted molar refractivity (Wildman–Crippen MR) is 69.0 cm³/mol. The molecule has 3 aliphatic carbocycles. The van der Waals surface area contributed by atoms with Crippen molar-refractivity contribution in [2.24, 2.45) is 17.8 Å². The first-order chi connectivity index (χ1) is 7.41. The number of Topliss-reactive ketones (excluding diaryl/α,β-unsaturated/α-hetero) is 1. The lowest BCUT2D eigenvalue weighted by molar-refractivity contribution is -0.115. The van der Waals surface area contributed by atoms with E-state index in [1.807, 2.05) is 0 Å². The van der Waals surface area contributed by atoms with E-state index in [2.05, 4.69) is 38.7 Å². The summed E-state index contributed by atoms with van der Waals surface area (Å²) in [6.07, 6.45) is 5.79. The van der Waals surface area contributed by atoms with Crippen LogP contribution in [0.15, 0.2) is 23.3 Å². The second kappa shape index (κ2) is 2.98. The molecule has 3 aliphatic rings. The Labute approximate surface area is 98.6 Å². The average molecular weight is 232 g/mol. The third-order valence-electron chi connectivity index (χ3n) is 4.64. The van der Waals surface area contributed by atoms with E-state index in [-0.39, 0.29) is 0 Å². The summed E-state index contributed by atoms with van der Waals surface area (Å²) < 4.78 is 0. The zero-order valence-corrected chi connectivity index (χ0v) is 11.6. The van der Waals surface area contributed by atoms with Gasteiger partial charge in [0.1, 0.15) is 0 Å². The van der Waals surface area contributed by atoms with Crippen LogP contribution >= 0.6 is 0 Å². The SMILES string of the molecule is CC1C2=C(C(=O)C1[Si](C)(C)C)[C@@H]1C=C[C@H]2C1. The lowest BCUT2D eigenvalue weighted by Gasteiger charge is -2.30. The molecule has 0 aliphatic heterocycles. The molecule has 0 saturated carbocycles. The highest BCUT2D eigenvalue weighted by molar-refractivity contribution is 6.81. The minimum absolute atomic E-state index is 0.350. The van der Waals surface area contributed by atoms with Crippen LogP contribution in [-0.2, 0) is 4.79 Å². The van der Waals surface area contributed by atoms with E-state index in [0.717, 1.165) is 0 Å². The van der Waals surface area contributed by atoms with Gasteiger partial charge in [-0.25, -0.2) is 0 Å². The molecule has 0 N–H and O–H groups in total. The Morgan fingerprint density at radius 3 is 2.38 bits per heavy atom. The van der Waals surface area contributed by atoms with Crippen molar-refractivity contribution in [2.75, 3.05) is 0 Å². The lowest BCUT2D eigenvalue weighted by atomic mass is 9.93. The van der Waals surface area contributed by atoms with Crippen molar-refractivity contribution in [2.45, 2.75) is 38.5 Å². The summed E-state index contributed by atoms with van der Waals surface area (Å²) in [6, 6.07) is 0. The number of hydrogen-bond acceptors (Lipinski definition) is 1. The van der Waals surface area contributed by atoms with Crippen molar-refractivity contribution >= 4 is 13.9 Å². The van der Waals surface area contributed by atoms with Gasteiger partial charge in [-0.2, -0.15) is 0 Å². The Balaban J connectivity index is 2.02. The number of fused-ring (bicyclic) bond motifs is 4. The van der Waals surface area contributed by atoms with Crippen molar-refractivity contribution in [3.63, 3.8) is 0 Å². The summed E-state index contributed by atoms with van der Waals surface area (Å²) in [6.45, 7) is 9.30. The second-order valence-electron chi connectivity index (χ2n) is 6.70. The largest absolute Gasteiger partial charge is 0.295 e. The van der Waals surface area contributed by atoms with Gasteiger partial charge in [-0.15, -0.1) is 0 Å². The fourth-order valence-corrected chi connectivity index (χ4v) is 6.80. The van der Waals surface area contributed by atoms with Gasteiger partial charge in [0.05, 0.1) is 8.07 Å². The summed E-state index contributed by atoms with van der Waals surface area (Å²) in [7, 11) is -1.37. The van der Waals surface area contributed by atoms with Crippen LogP contribution in [0.5, 0.6) is 0 Å². The van der Waals surface area contributed by atoms with Gasteiger partial charge in [0.25, 0.3) is 0 Å². The molecule has 4 atom stereocenters. The van der Waals surface area contributed by atoms with Gasteiger partial charge in [0, 0.05) is 17.0 Å². The third-order valence-corrected chi connectivity index (χ3v) is 7.26. The summed E-state index contributed by atoms with van der Waals surface area (Å²) in [5.41, 5.74) is 3.10. The molecule has 2 unspecified atom stereocenters. The summed E-state index contributed by atoms with van der Waals surface area (Å²) in [5, 5.41) is 0. The third kappa shape index (κ3) is 1.14. The molecule has 0 radical (unpaired) electrons. The van der Waals surface area contributed by atoms with Crippen LogP contribution in [-0.4, -0.2) is 13.9 Å². The van der Waals surface area contributed by atoms with E-state index in [1.165, 1.54) is 17.6 Å². The molecule has 0 aromatic heterocycles. The Morgan fingerprint density at radius 2 is 1.81 bits per heavy atom. The number of hydrogen-bond donors (Lipinski definition) is 0. The van der Waals surface area contributed by atoms with E-state index in [0.29, 0.717) is 29.1 Å². The van der Waals surface area contributed by atoms with Crippen LogP contribution in [0.2, 0.25) is 25.2 Å². The smallest absolute Gasteiger partial charge is 0.160 e. The molecule has 0 aromatic rings. The van der Waals surface area contributed by atoms with Crippen molar-refractivity contribution < 1.29 is 4.79 Å². The number of allylic oxidation sites excluding steroid dienone is 4. The van der Waals surface area contributed by atoms with E-state index in [4.69, 9.17) is 0 Å². The summed E-state index contributed by atoms with van der Waals surface area (Å²) >= 11 is 0. The van der Waals surface area contributed by atoms with Crippen LogP contribution in [0.25, 0.3) is 0 Å². The molecule has 0 aromatic carbocycles. The molecule has 86 valence electrons. The molecule has 0 heterocycles. The molecular weight excluding hydrogens is 212 g/mol. The maximum atomic E-state index is 12.6. The Morgan fingerprint density at radius 1 is 1.19 bits per heavy atom. The van der Waals surface area contributed by atoms with Gasteiger partial charge < -0.3 is 0 Å². The van der Waals surface area contributed by atoms with Crippen LogP contribution < -0.4 is 0 Å². The minimum Gasteiger partial charge on any atom is -0.295 e. The Kier molecular flexibility index (Phi) is 1.96. The van der Waals surface area contributed by atoms with Gasteiger partial charge in [-0.3, -0.25) is 4.79 Å². The number of ketones is 1. The quantitative estimate of drug-likeness (QED) is 0.500. The molecule has 2 bridgehead atoms. The van der Waals surface area contributed by atoms with Crippen LogP contribution in [0.3, 0.4) is 0 Å². The molecule has 0 fully saturated rings. The van der Waals surface area contributed by atoms with Gasteiger partial charge in [0.15, 0.2) is 5.78 Å². The zero-order valence-electron chi connectivity index (χ0n) is 10.6. The monoisotopic (exact) mass is 232 g/mol. The highest BCUT2D eigenvalue weighted by Crippen LogP contribution is 2.57. The van der Waals surface area contributed by atoms with E-state index in [1.54, 1.807) is 0 Å². The Hall–Kier alpha value is -0.633. The second-order valence-corrected chi connectivity index (χ2v) is 12.1. The maximum absolute atomic E-state index is 12.6. The molecule has 0 spiro atoms. The highest BCUT2D eigenvalue weighted by atomic mass is 28.3. The van der Waals surface area contributed by atoms with Crippen molar-refractivity contribution in [3.05, 3.63) is 23.3 Å². The number of rotatable bonds is 1. The topological polar surface area (TPSA) is 17.1 Å². The minimum atomic E-state index is -1.37. The van der Waals surface area contributed by atoms with Gasteiger partial charge >= 0.3 is 0 Å². The van der Waals surface area contributed by atoms with E-state index < -0.39 is 8.07 Å².